The molecule has 118 valence electrons. The van der Waals surface area contributed by atoms with E-state index in [0.717, 1.165) is 11.1 Å². The number of nitro benzene ring substituents is 1. The molecule has 0 unspecified atom stereocenters. The lowest BCUT2D eigenvalue weighted by Gasteiger charge is -2.06. The molecule has 0 spiro atoms. The molecular weight excluding hydrogens is 300 g/mol. The number of amides is 1. The highest BCUT2D eigenvalue weighted by Gasteiger charge is 2.07. The Morgan fingerprint density at radius 3 is 1.96 bits per heavy atom. The second-order valence-electron chi connectivity index (χ2n) is 4.82. The maximum absolute atomic E-state index is 11.5. The number of non-ortho nitro benzene ring substituents is 1. The van der Waals surface area contributed by atoms with Gasteiger partial charge in [-0.25, -0.2) is 0 Å². The van der Waals surface area contributed by atoms with Crippen LogP contribution in [0.4, 0.5) is 11.4 Å². The molecule has 0 atom stereocenters. The number of nitrogens with one attached hydrogen (secondary N) is 1. The fourth-order valence-corrected chi connectivity index (χ4v) is 1.97. The number of carboxylic acids is 1. The number of rotatable bonds is 6. The summed E-state index contributed by atoms with van der Waals surface area (Å²) in [6.07, 6.45) is -0.299. The molecule has 0 radical (unpaired) electrons. The van der Waals surface area contributed by atoms with Gasteiger partial charge in [0, 0.05) is 24.2 Å². The van der Waals surface area contributed by atoms with Gasteiger partial charge in [0.2, 0.25) is 5.91 Å². The van der Waals surface area contributed by atoms with Crippen LogP contribution in [0.25, 0.3) is 11.1 Å². The van der Waals surface area contributed by atoms with E-state index in [4.69, 9.17) is 5.11 Å². The molecule has 1 amide bonds. The normalized spacial score (nSPS) is 10.1. The second-order valence-corrected chi connectivity index (χ2v) is 4.82. The van der Waals surface area contributed by atoms with Gasteiger partial charge in [-0.1, -0.05) is 12.1 Å². The van der Waals surface area contributed by atoms with E-state index < -0.39 is 10.9 Å². The summed E-state index contributed by atoms with van der Waals surface area (Å²) in [6, 6.07) is 13.1. The quantitative estimate of drug-likeness (QED) is 0.629. The first-order valence-corrected chi connectivity index (χ1v) is 6.82. The molecule has 2 N–H and O–H groups in total. The van der Waals surface area contributed by atoms with Crippen molar-refractivity contribution in [3.05, 3.63) is 58.6 Å². The summed E-state index contributed by atoms with van der Waals surface area (Å²) in [5.74, 6) is -1.39. The summed E-state index contributed by atoms with van der Waals surface area (Å²) < 4.78 is 0. The number of carbonyl (C=O) groups is 2. The number of carbonyl (C=O) groups excluding carboxylic acids is 1. The molecule has 0 fully saturated rings. The van der Waals surface area contributed by atoms with Gasteiger partial charge in [-0.05, 0) is 35.4 Å². The topological polar surface area (TPSA) is 110 Å². The Balaban J connectivity index is 2.02. The highest BCUT2D eigenvalue weighted by molar-refractivity contribution is 5.92. The van der Waals surface area contributed by atoms with Gasteiger partial charge in [0.15, 0.2) is 0 Å². The van der Waals surface area contributed by atoms with Crippen LogP contribution in [0, 0.1) is 10.1 Å². The third-order valence-corrected chi connectivity index (χ3v) is 3.15. The van der Waals surface area contributed by atoms with E-state index >= 15 is 0 Å². The van der Waals surface area contributed by atoms with E-state index in [1.807, 2.05) is 0 Å². The Morgan fingerprint density at radius 2 is 1.48 bits per heavy atom. The van der Waals surface area contributed by atoms with Crippen molar-refractivity contribution in [2.75, 3.05) is 5.32 Å². The van der Waals surface area contributed by atoms with Crippen molar-refractivity contribution in [3.63, 3.8) is 0 Å². The van der Waals surface area contributed by atoms with Crippen molar-refractivity contribution < 1.29 is 19.6 Å². The van der Waals surface area contributed by atoms with Crippen LogP contribution in [-0.4, -0.2) is 21.9 Å². The monoisotopic (exact) mass is 314 g/mol. The van der Waals surface area contributed by atoms with Crippen molar-refractivity contribution >= 4 is 23.3 Å². The smallest absolute Gasteiger partial charge is 0.303 e. The van der Waals surface area contributed by atoms with Gasteiger partial charge in [0.05, 0.1) is 11.3 Å². The summed E-state index contributed by atoms with van der Waals surface area (Å²) in [4.78, 5) is 32.1. The highest BCUT2D eigenvalue weighted by Crippen LogP contribution is 2.23. The van der Waals surface area contributed by atoms with Gasteiger partial charge in [-0.2, -0.15) is 0 Å². The first-order chi connectivity index (χ1) is 11.0. The van der Waals surface area contributed by atoms with Crippen molar-refractivity contribution in [1.29, 1.82) is 0 Å². The summed E-state index contributed by atoms with van der Waals surface area (Å²) >= 11 is 0. The molecule has 0 aliphatic rings. The van der Waals surface area contributed by atoms with Crippen LogP contribution in [0.1, 0.15) is 12.8 Å². The number of hydrogen-bond acceptors (Lipinski definition) is 4. The Morgan fingerprint density at radius 1 is 0.957 bits per heavy atom. The molecule has 0 bridgehead atoms. The van der Waals surface area contributed by atoms with Gasteiger partial charge in [0.25, 0.3) is 5.69 Å². The van der Waals surface area contributed by atoms with Crippen molar-refractivity contribution in [3.8, 4) is 11.1 Å². The van der Waals surface area contributed by atoms with Crippen LogP contribution in [0.5, 0.6) is 0 Å². The Hall–Kier alpha value is -3.22. The van der Waals surface area contributed by atoms with Gasteiger partial charge in [-0.15, -0.1) is 0 Å². The summed E-state index contributed by atoms with van der Waals surface area (Å²) in [6.45, 7) is 0. The van der Waals surface area contributed by atoms with Gasteiger partial charge < -0.3 is 10.4 Å². The van der Waals surface area contributed by atoms with Gasteiger partial charge >= 0.3 is 5.97 Å². The predicted octanol–water partition coefficient (Wildman–Crippen LogP) is 3.07. The zero-order valence-electron chi connectivity index (χ0n) is 12.1. The van der Waals surface area contributed by atoms with Crippen molar-refractivity contribution in [2.24, 2.45) is 0 Å². The predicted molar refractivity (Wildman–Crippen MR) is 84.0 cm³/mol. The maximum atomic E-state index is 11.5. The summed E-state index contributed by atoms with van der Waals surface area (Å²) in [5.41, 5.74) is 2.25. The van der Waals surface area contributed by atoms with Gasteiger partial charge in [-0.3, -0.25) is 19.7 Å². The second kappa shape index (κ2) is 7.17. The third-order valence-electron chi connectivity index (χ3n) is 3.15. The number of hydrogen-bond donors (Lipinski definition) is 2. The Labute approximate surface area is 131 Å². The molecule has 0 saturated carbocycles. The molecule has 2 rings (SSSR count). The number of anilines is 1. The molecule has 0 aliphatic heterocycles. The van der Waals surface area contributed by atoms with Crippen LogP contribution >= 0.6 is 0 Å². The van der Waals surface area contributed by atoms with E-state index in [2.05, 4.69) is 5.32 Å². The van der Waals surface area contributed by atoms with Crippen molar-refractivity contribution in [1.82, 2.24) is 0 Å². The number of carboxylic acid groups (broad SMARTS) is 1. The molecule has 0 saturated heterocycles. The van der Waals surface area contributed by atoms with Crippen LogP contribution < -0.4 is 5.32 Å². The van der Waals surface area contributed by atoms with Crippen LogP contribution in [-0.2, 0) is 9.59 Å². The standard InChI is InChI=1S/C16H14N2O5/c19-15(9-10-16(20)21)17-13-5-1-11(2-6-13)12-3-7-14(8-4-12)18(22)23/h1-8H,9-10H2,(H,17,19)(H,20,21). The van der Waals surface area contributed by atoms with Gasteiger partial charge in [0.1, 0.15) is 0 Å². The largest absolute Gasteiger partial charge is 0.481 e. The highest BCUT2D eigenvalue weighted by atomic mass is 16.6. The molecule has 23 heavy (non-hydrogen) atoms. The van der Waals surface area contributed by atoms with E-state index in [1.54, 1.807) is 36.4 Å². The first-order valence-electron chi connectivity index (χ1n) is 6.82. The fraction of sp³-hybridized carbons (Fsp3) is 0.125. The Bertz CT molecular complexity index is 723. The van der Waals surface area contributed by atoms with E-state index in [9.17, 15) is 19.7 Å². The molecule has 0 heterocycles. The lowest BCUT2D eigenvalue weighted by molar-refractivity contribution is -0.384. The number of benzene rings is 2. The lowest BCUT2D eigenvalue weighted by Crippen LogP contribution is -2.13. The minimum Gasteiger partial charge on any atom is -0.481 e. The number of aliphatic carboxylic acids is 1. The molecule has 7 nitrogen and oxygen atoms in total. The number of nitro groups is 1. The average molecular weight is 314 g/mol. The molecule has 0 aromatic heterocycles. The van der Waals surface area contributed by atoms with E-state index in [-0.39, 0.29) is 24.4 Å². The lowest BCUT2D eigenvalue weighted by atomic mass is 10.1. The van der Waals surface area contributed by atoms with Crippen LogP contribution in [0.2, 0.25) is 0 Å². The number of nitrogens with zero attached hydrogens (tertiary/aromatic N) is 1. The molecule has 2 aromatic rings. The zero-order valence-corrected chi connectivity index (χ0v) is 12.1. The minimum absolute atomic E-state index is 0.0241. The average Bonchev–Trinajstić information content (AvgIpc) is 2.54. The first kappa shape index (κ1) is 16.2. The van der Waals surface area contributed by atoms with E-state index in [1.165, 1.54) is 12.1 Å². The Kier molecular flexibility index (Phi) is 5.03. The summed E-state index contributed by atoms with van der Waals surface area (Å²) in [5, 5.41) is 21.8. The maximum Gasteiger partial charge on any atom is 0.303 e. The SMILES string of the molecule is O=C(O)CCC(=O)Nc1ccc(-c2ccc([N+](=O)[O-])cc2)cc1. The van der Waals surface area contributed by atoms with Crippen LogP contribution in [0.3, 0.4) is 0 Å². The molecular formula is C16H14N2O5. The van der Waals surface area contributed by atoms with Crippen molar-refractivity contribution in [2.45, 2.75) is 12.8 Å². The third kappa shape index (κ3) is 4.63. The fourth-order valence-electron chi connectivity index (χ4n) is 1.97. The minimum atomic E-state index is -1.02. The van der Waals surface area contributed by atoms with E-state index in [0.29, 0.717) is 5.69 Å². The molecule has 7 heteroatoms. The summed E-state index contributed by atoms with van der Waals surface area (Å²) in [7, 11) is 0. The molecule has 0 aliphatic carbocycles. The zero-order chi connectivity index (χ0) is 16.8. The molecule has 2 aromatic carbocycles. The van der Waals surface area contributed by atoms with Crippen LogP contribution in [0.15, 0.2) is 48.5 Å².